The van der Waals surface area contributed by atoms with Gasteiger partial charge in [0.15, 0.2) is 5.82 Å². The van der Waals surface area contributed by atoms with Crippen LogP contribution in [0.5, 0.6) is 0 Å². The molecule has 5 nitrogen and oxygen atoms in total. The zero-order valence-electron chi connectivity index (χ0n) is 11.2. The van der Waals surface area contributed by atoms with E-state index in [-0.39, 0.29) is 0 Å². The average molecular weight is 345 g/mol. The molecule has 2 aromatic heterocycles. The lowest BCUT2D eigenvalue weighted by Gasteiger charge is -2.15. The SMILES string of the molecule is Nc1nn(-c2cccc3cc(Br)cnc23)c2c1COCC2. The van der Waals surface area contributed by atoms with Gasteiger partial charge in [-0.25, -0.2) is 4.68 Å². The fourth-order valence-corrected chi connectivity index (χ4v) is 3.10. The lowest BCUT2D eigenvalue weighted by atomic mass is 10.1. The second-order valence-electron chi connectivity index (χ2n) is 5.03. The summed E-state index contributed by atoms with van der Waals surface area (Å²) in [5.74, 6) is 0.541. The number of ether oxygens (including phenoxy) is 1. The Kier molecular flexibility index (Phi) is 2.94. The molecule has 6 heteroatoms. The number of nitrogens with zero attached hydrogens (tertiary/aromatic N) is 3. The summed E-state index contributed by atoms with van der Waals surface area (Å²) in [6, 6.07) is 8.12. The van der Waals surface area contributed by atoms with Gasteiger partial charge in [0.1, 0.15) is 0 Å². The third-order valence-corrected chi connectivity index (χ3v) is 4.17. The van der Waals surface area contributed by atoms with Gasteiger partial charge in [0, 0.05) is 28.0 Å². The van der Waals surface area contributed by atoms with Gasteiger partial charge >= 0.3 is 0 Å². The number of pyridine rings is 1. The van der Waals surface area contributed by atoms with E-state index in [1.807, 2.05) is 28.9 Å². The van der Waals surface area contributed by atoms with Crippen molar-refractivity contribution < 1.29 is 4.74 Å². The molecule has 4 rings (SSSR count). The van der Waals surface area contributed by atoms with E-state index in [1.165, 1.54) is 0 Å². The molecule has 0 atom stereocenters. The number of hydrogen-bond acceptors (Lipinski definition) is 4. The van der Waals surface area contributed by atoms with E-state index in [0.29, 0.717) is 19.0 Å². The van der Waals surface area contributed by atoms with E-state index >= 15 is 0 Å². The van der Waals surface area contributed by atoms with Crippen LogP contribution in [-0.4, -0.2) is 21.4 Å². The van der Waals surface area contributed by atoms with Crippen molar-refractivity contribution in [1.82, 2.24) is 14.8 Å². The molecule has 21 heavy (non-hydrogen) atoms. The van der Waals surface area contributed by atoms with Crippen molar-refractivity contribution in [3.8, 4) is 5.69 Å². The van der Waals surface area contributed by atoms with Crippen molar-refractivity contribution in [2.75, 3.05) is 12.3 Å². The molecule has 2 N–H and O–H groups in total. The number of nitrogens with two attached hydrogens (primary N) is 1. The first kappa shape index (κ1) is 12.8. The number of fused-ring (bicyclic) bond motifs is 2. The molecule has 0 saturated heterocycles. The zero-order valence-corrected chi connectivity index (χ0v) is 12.8. The third kappa shape index (κ3) is 2.02. The summed E-state index contributed by atoms with van der Waals surface area (Å²) < 4.78 is 8.35. The van der Waals surface area contributed by atoms with Gasteiger partial charge in [-0.05, 0) is 28.1 Å². The largest absolute Gasteiger partial charge is 0.382 e. The monoisotopic (exact) mass is 344 g/mol. The van der Waals surface area contributed by atoms with E-state index in [2.05, 4.69) is 26.0 Å². The van der Waals surface area contributed by atoms with Crippen LogP contribution in [0.3, 0.4) is 0 Å². The van der Waals surface area contributed by atoms with Crippen molar-refractivity contribution in [3.05, 3.63) is 46.2 Å². The Morgan fingerprint density at radius 3 is 3.14 bits per heavy atom. The maximum absolute atomic E-state index is 6.03. The number of nitrogen functional groups attached to an aromatic ring is 1. The van der Waals surface area contributed by atoms with Gasteiger partial charge in [-0.2, -0.15) is 0 Å². The molecule has 0 amide bonds. The van der Waals surface area contributed by atoms with Crippen LogP contribution in [0.2, 0.25) is 0 Å². The second-order valence-corrected chi connectivity index (χ2v) is 5.94. The van der Waals surface area contributed by atoms with Crippen molar-refractivity contribution in [1.29, 1.82) is 0 Å². The molecule has 1 aromatic carbocycles. The minimum absolute atomic E-state index is 0.533. The highest BCUT2D eigenvalue weighted by Crippen LogP contribution is 2.29. The highest BCUT2D eigenvalue weighted by molar-refractivity contribution is 9.10. The Bertz CT molecular complexity index is 843. The van der Waals surface area contributed by atoms with E-state index in [1.54, 1.807) is 6.20 Å². The van der Waals surface area contributed by atoms with Crippen molar-refractivity contribution >= 4 is 32.7 Å². The molecular weight excluding hydrogens is 332 g/mol. The summed E-state index contributed by atoms with van der Waals surface area (Å²) in [4.78, 5) is 4.54. The van der Waals surface area contributed by atoms with Gasteiger partial charge in [-0.3, -0.25) is 4.98 Å². The van der Waals surface area contributed by atoms with Crippen LogP contribution in [0.1, 0.15) is 11.3 Å². The number of para-hydroxylation sites is 1. The lowest BCUT2D eigenvalue weighted by molar-refractivity contribution is 0.110. The first-order valence-electron chi connectivity index (χ1n) is 6.72. The van der Waals surface area contributed by atoms with Crippen molar-refractivity contribution in [3.63, 3.8) is 0 Å². The average Bonchev–Trinajstić information content (AvgIpc) is 2.84. The van der Waals surface area contributed by atoms with Crippen LogP contribution in [0.25, 0.3) is 16.6 Å². The number of rotatable bonds is 1. The second kappa shape index (κ2) is 4.82. The molecule has 0 spiro atoms. The Morgan fingerprint density at radius 2 is 2.24 bits per heavy atom. The fourth-order valence-electron chi connectivity index (χ4n) is 2.75. The number of benzene rings is 1. The lowest BCUT2D eigenvalue weighted by Crippen LogP contribution is -2.13. The van der Waals surface area contributed by atoms with E-state index in [9.17, 15) is 0 Å². The highest BCUT2D eigenvalue weighted by atomic mass is 79.9. The van der Waals surface area contributed by atoms with Gasteiger partial charge in [0.25, 0.3) is 0 Å². The summed E-state index contributed by atoms with van der Waals surface area (Å²) in [6.45, 7) is 1.23. The number of aromatic nitrogens is 3. The molecule has 0 saturated carbocycles. The molecule has 1 aliphatic heterocycles. The molecular formula is C15H13BrN4O. The quantitative estimate of drug-likeness (QED) is 0.737. The summed E-state index contributed by atoms with van der Waals surface area (Å²) in [6.07, 6.45) is 2.61. The Balaban J connectivity index is 1.99. The minimum Gasteiger partial charge on any atom is -0.382 e. The molecule has 3 heterocycles. The van der Waals surface area contributed by atoms with Gasteiger partial charge in [-0.1, -0.05) is 12.1 Å². The highest BCUT2D eigenvalue weighted by Gasteiger charge is 2.21. The van der Waals surface area contributed by atoms with Crippen LogP contribution in [0, 0.1) is 0 Å². The maximum atomic E-state index is 6.03. The smallest absolute Gasteiger partial charge is 0.151 e. The maximum Gasteiger partial charge on any atom is 0.151 e. The Hall–Kier alpha value is -1.92. The van der Waals surface area contributed by atoms with Gasteiger partial charge in [-0.15, -0.1) is 5.10 Å². The van der Waals surface area contributed by atoms with Gasteiger partial charge in [0.05, 0.1) is 30.1 Å². The van der Waals surface area contributed by atoms with Gasteiger partial charge < -0.3 is 10.5 Å². The number of halogens is 1. The third-order valence-electron chi connectivity index (χ3n) is 3.74. The summed E-state index contributed by atoms with van der Waals surface area (Å²) in [5, 5.41) is 5.56. The fraction of sp³-hybridized carbons (Fsp3) is 0.200. The first-order chi connectivity index (χ1) is 10.2. The van der Waals surface area contributed by atoms with Crippen molar-refractivity contribution in [2.45, 2.75) is 13.0 Å². The minimum atomic E-state index is 0.533. The van der Waals surface area contributed by atoms with Crippen LogP contribution in [-0.2, 0) is 17.8 Å². The summed E-state index contributed by atoms with van der Waals surface area (Å²) in [7, 11) is 0. The Labute approximate surface area is 129 Å². The van der Waals surface area contributed by atoms with Crippen LogP contribution in [0.15, 0.2) is 34.9 Å². The predicted molar refractivity (Wildman–Crippen MR) is 84.3 cm³/mol. The van der Waals surface area contributed by atoms with Crippen LogP contribution >= 0.6 is 15.9 Å². The van der Waals surface area contributed by atoms with Crippen molar-refractivity contribution in [2.24, 2.45) is 0 Å². The molecule has 0 bridgehead atoms. The molecule has 0 fully saturated rings. The van der Waals surface area contributed by atoms with Crippen LogP contribution in [0.4, 0.5) is 5.82 Å². The van der Waals surface area contributed by atoms with Crippen LogP contribution < -0.4 is 5.73 Å². The first-order valence-corrected chi connectivity index (χ1v) is 7.52. The topological polar surface area (TPSA) is 66.0 Å². The summed E-state index contributed by atoms with van der Waals surface area (Å²) >= 11 is 3.46. The van der Waals surface area contributed by atoms with E-state index in [0.717, 1.165) is 38.7 Å². The molecule has 0 radical (unpaired) electrons. The molecule has 106 valence electrons. The number of anilines is 1. The zero-order chi connectivity index (χ0) is 14.4. The van der Waals surface area contributed by atoms with E-state index in [4.69, 9.17) is 10.5 Å². The molecule has 1 aliphatic rings. The van der Waals surface area contributed by atoms with E-state index < -0.39 is 0 Å². The predicted octanol–water partition coefficient (Wildman–Crippen LogP) is 2.84. The molecule has 0 aliphatic carbocycles. The molecule has 0 unspecified atom stereocenters. The standard InChI is InChI=1S/C15H13BrN4O/c16-10-6-9-2-1-3-13(14(9)18-7-10)20-12-4-5-21-8-11(12)15(17)19-20/h1-3,6-7H,4-5,8H2,(H2,17,19). The normalized spacial score (nSPS) is 14.3. The summed E-state index contributed by atoms with van der Waals surface area (Å²) in [5.41, 5.74) is 10.0. The Morgan fingerprint density at radius 1 is 1.33 bits per heavy atom. The molecule has 3 aromatic rings. The number of hydrogen-bond donors (Lipinski definition) is 1. The van der Waals surface area contributed by atoms with Gasteiger partial charge in [0.2, 0.25) is 0 Å².